The van der Waals surface area contributed by atoms with E-state index in [1.54, 1.807) is 18.0 Å². The number of nitrogens with one attached hydrogen (secondary N) is 1. The molecule has 0 aliphatic carbocycles. The molecule has 1 saturated heterocycles. The molecule has 0 bridgehead atoms. The molecule has 1 unspecified atom stereocenters. The number of pyridine rings is 3. The zero-order valence-corrected chi connectivity index (χ0v) is 18.6. The summed E-state index contributed by atoms with van der Waals surface area (Å²) < 4.78 is 5.66. The Hall–Kier alpha value is -2.97. The molecule has 31 heavy (non-hydrogen) atoms. The number of ether oxygens (including phenoxy) is 1. The molecular weight excluding hydrogens is 408 g/mol. The van der Waals surface area contributed by atoms with Crippen molar-refractivity contribution in [3.8, 4) is 22.5 Å². The first-order chi connectivity index (χ1) is 15.2. The van der Waals surface area contributed by atoms with E-state index < -0.39 is 0 Å². The fraction of sp³-hybridized carbons (Fsp3) is 0.304. The lowest BCUT2D eigenvalue weighted by molar-refractivity contribution is 0.0986. The maximum absolute atomic E-state index is 5.66. The van der Waals surface area contributed by atoms with Crippen LogP contribution in [-0.2, 0) is 4.74 Å². The number of thioether (sulfide) groups is 1. The Morgan fingerprint density at radius 2 is 2.03 bits per heavy atom. The van der Waals surface area contributed by atoms with Gasteiger partial charge in [-0.25, -0.2) is 9.97 Å². The van der Waals surface area contributed by atoms with Crippen LogP contribution in [0, 0.1) is 6.92 Å². The number of hydrogen-bond donors (Lipinski definition) is 1. The average Bonchev–Trinajstić information content (AvgIpc) is 3.33. The van der Waals surface area contributed by atoms with Crippen LogP contribution in [0.4, 0.5) is 5.82 Å². The molecule has 1 aliphatic heterocycles. The van der Waals surface area contributed by atoms with E-state index >= 15 is 0 Å². The minimum absolute atomic E-state index is 0.247. The Labute approximate surface area is 185 Å². The van der Waals surface area contributed by atoms with E-state index in [9.17, 15) is 0 Å². The van der Waals surface area contributed by atoms with Crippen LogP contribution in [0.5, 0.6) is 0 Å². The van der Waals surface area contributed by atoms with Crippen molar-refractivity contribution < 1.29 is 4.74 Å². The van der Waals surface area contributed by atoms with Crippen LogP contribution in [-0.4, -0.2) is 57.2 Å². The quantitative estimate of drug-likeness (QED) is 0.481. The normalized spacial score (nSPS) is 16.7. The van der Waals surface area contributed by atoms with Gasteiger partial charge in [-0.2, -0.15) is 5.10 Å². The van der Waals surface area contributed by atoms with Gasteiger partial charge in [0.25, 0.3) is 0 Å². The molecule has 1 fully saturated rings. The Bertz CT molecular complexity index is 1230. The predicted molar refractivity (Wildman–Crippen MR) is 124 cm³/mol. The lowest BCUT2D eigenvalue weighted by Gasteiger charge is -2.34. The molecule has 0 aromatic carbocycles. The number of H-pyrrole nitrogens is 1. The first kappa shape index (κ1) is 20.0. The van der Waals surface area contributed by atoms with Gasteiger partial charge in [-0.3, -0.25) is 10.1 Å². The van der Waals surface area contributed by atoms with Crippen molar-refractivity contribution in [2.24, 2.45) is 0 Å². The summed E-state index contributed by atoms with van der Waals surface area (Å²) in [5.41, 5.74) is 5.72. The number of nitrogens with zero attached hydrogens (tertiary/aromatic N) is 5. The van der Waals surface area contributed by atoms with E-state index in [2.05, 4.69) is 52.1 Å². The Morgan fingerprint density at radius 3 is 2.77 bits per heavy atom. The molecule has 0 radical (unpaired) electrons. The summed E-state index contributed by atoms with van der Waals surface area (Å²) >= 11 is 1.65. The number of hydrogen-bond acceptors (Lipinski definition) is 7. The predicted octanol–water partition coefficient (Wildman–Crippen LogP) is 4.34. The van der Waals surface area contributed by atoms with Crippen LogP contribution in [0.15, 0.2) is 47.8 Å². The van der Waals surface area contributed by atoms with E-state index in [-0.39, 0.29) is 6.04 Å². The van der Waals surface area contributed by atoms with Gasteiger partial charge < -0.3 is 9.64 Å². The highest BCUT2D eigenvalue weighted by molar-refractivity contribution is 7.98. The van der Waals surface area contributed by atoms with Gasteiger partial charge in [-0.1, -0.05) is 0 Å². The molecular formula is C23H24N6OS. The fourth-order valence-corrected chi connectivity index (χ4v) is 4.53. The monoisotopic (exact) mass is 432 g/mol. The molecule has 1 N–H and O–H groups in total. The molecule has 5 heterocycles. The summed E-state index contributed by atoms with van der Waals surface area (Å²) in [4.78, 5) is 16.8. The minimum Gasteiger partial charge on any atom is -0.377 e. The number of aromatic amines is 1. The van der Waals surface area contributed by atoms with Crippen LogP contribution in [0.2, 0.25) is 0 Å². The van der Waals surface area contributed by atoms with Crippen LogP contribution < -0.4 is 4.90 Å². The highest BCUT2D eigenvalue weighted by atomic mass is 32.2. The van der Waals surface area contributed by atoms with Gasteiger partial charge in [0.15, 0.2) is 0 Å². The van der Waals surface area contributed by atoms with Crippen molar-refractivity contribution in [1.29, 1.82) is 0 Å². The summed E-state index contributed by atoms with van der Waals surface area (Å²) in [6.07, 6.45) is 5.61. The first-order valence-electron chi connectivity index (χ1n) is 10.3. The Balaban J connectivity index is 1.78. The largest absolute Gasteiger partial charge is 0.377 e. The number of aryl methyl sites for hydroxylation is 1. The van der Waals surface area contributed by atoms with Crippen molar-refractivity contribution in [3.63, 3.8) is 0 Å². The van der Waals surface area contributed by atoms with E-state index in [0.29, 0.717) is 13.2 Å². The smallest absolute Gasteiger partial charge is 0.130 e. The molecule has 0 spiro atoms. The highest BCUT2D eigenvalue weighted by Gasteiger charge is 2.23. The molecule has 4 aromatic rings. The zero-order chi connectivity index (χ0) is 21.4. The molecule has 1 atom stereocenters. The van der Waals surface area contributed by atoms with Gasteiger partial charge in [0.2, 0.25) is 0 Å². The second-order valence-electron chi connectivity index (χ2n) is 7.66. The third-order valence-electron chi connectivity index (χ3n) is 5.69. The van der Waals surface area contributed by atoms with Gasteiger partial charge in [-0.15, -0.1) is 11.8 Å². The van der Waals surface area contributed by atoms with E-state index in [1.807, 2.05) is 24.6 Å². The summed E-state index contributed by atoms with van der Waals surface area (Å²) in [6, 6.07) is 10.6. The van der Waals surface area contributed by atoms with E-state index in [1.165, 1.54) is 0 Å². The van der Waals surface area contributed by atoms with Crippen LogP contribution in [0.25, 0.3) is 33.4 Å². The third-order valence-corrected chi connectivity index (χ3v) is 6.34. The summed E-state index contributed by atoms with van der Waals surface area (Å²) in [5.74, 6) is 0.931. The standard InChI is InChI=1S/C23H24N6OS/c1-14-13-30-11-10-29(14)20-12-18(16-4-5-21(31-3)26-15(16)2)17-6-8-24-23(22(17)27-20)19-7-9-25-28-19/h4-9,12,14H,10-11,13H2,1-3H3,(H,25,28). The second-order valence-corrected chi connectivity index (χ2v) is 8.48. The summed E-state index contributed by atoms with van der Waals surface area (Å²) in [5, 5.41) is 9.21. The maximum atomic E-state index is 5.66. The van der Waals surface area contributed by atoms with Crippen molar-refractivity contribution >= 4 is 28.5 Å². The van der Waals surface area contributed by atoms with Gasteiger partial charge in [0.1, 0.15) is 17.0 Å². The van der Waals surface area contributed by atoms with Gasteiger partial charge in [0, 0.05) is 35.6 Å². The Kier molecular flexibility index (Phi) is 5.33. The number of anilines is 1. The van der Waals surface area contributed by atoms with Crippen LogP contribution in [0.3, 0.4) is 0 Å². The van der Waals surface area contributed by atoms with E-state index in [0.717, 1.165) is 56.5 Å². The number of aromatic nitrogens is 5. The lowest BCUT2D eigenvalue weighted by atomic mass is 9.99. The van der Waals surface area contributed by atoms with Gasteiger partial charge >= 0.3 is 0 Å². The average molecular weight is 433 g/mol. The Morgan fingerprint density at radius 1 is 1.13 bits per heavy atom. The van der Waals surface area contributed by atoms with E-state index in [4.69, 9.17) is 14.7 Å². The first-order valence-corrected chi connectivity index (χ1v) is 11.5. The van der Waals surface area contributed by atoms with Gasteiger partial charge in [-0.05, 0) is 56.0 Å². The topological polar surface area (TPSA) is 79.8 Å². The molecule has 158 valence electrons. The third kappa shape index (κ3) is 3.66. The molecule has 5 rings (SSSR count). The summed E-state index contributed by atoms with van der Waals surface area (Å²) in [6.45, 7) is 6.43. The fourth-order valence-electron chi connectivity index (χ4n) is 4.10. The van der Waals surface area contributed by atoms with Crippen molar-refractivity contribution in [1.82, 2.24) is 25.1 Å². The second kappa shape index (κ2) is 8.28. The molecule has 0 saturated carbocycles. The number of fused-ring (bicyclic) bond motifs is 1. The van der Waals surface area contributed by atoms with Crippen molar-refractivity contribution in [3.05, 3.63) is 48.4 Å². The number of rotatable bonds is 4. The molecule has 7 nitrogen and oxygen atoms in total. The minimum atomic E-state index is 0.247. The molecule has 8 heteroatoms. The zero-order valence-electron chi connectivity index (χ0n) is 17.8. The van der Waals surface area contributed by atoms with Gasteiger partial charge in [0.05, 0.1) is 30.0 Å². The van der Waals surface area contributed by atoms with Crippen molar-refractivity contribution in [2.75, 3.05) is 30.9 Å². The van der Waals surface area contributed by atoms with Crippen LogP contribution >= 0.6 is 11.8 Å². The molecule has 0 amide bonds. The lowest BCUT2D eigenvalue weighted by Crippen LogP contribution is -2.44. The SMILES string of the molecule is CSc1ccc(-c2cc(N3CCOCC3C)nc3c(-c4ccn[nH]4)nccc23)c(C)n1. The summed E-state index contributed by atoms with van der Waals surface area (Å²) in [7, 11) is 0. The van der Waals surface area contributed by atoms with Crippen molar-refractivity contribution in [2.45, 2.75) is 24.9 Å². The van der Waals surface area contributed by atoms with Crippen LogP contribution in [0.1, 0.15) is 12.6 Å². The molecule has 1 aliphatic rings. The molecule has 4 aromatic heterocycles. The maximum Gasteiger partial charge on any atom is 0.130 e. The highest BCUT2D eigenvalue weighted by Crippen LogP contribution is 2.36. The number of morpholine rings is 1.